The Kier molecular flexibility index (Phi) is 7.23. The van der Waals surface area contributed by atoms with Crippen LogP contribution in [0.3, 0.4) is 0 Å². The highest BCUT2D eigenvalue weighted by Crippen LogP contribution is 2.26. The number of carbonyl (C=O) groups is 2. The van der Waals surface area contributed by atoms with E-state index in [4.69, 9.17) is 5.73 Å². The summed E-state index contributed by atoms with van der Waals surface area (Å²) in [5, 5.41) is 12.0. The van der Waals surface area contributed by atoms with Crippen molar-refractivity contribution in [3.8, 4) is 11.4 Å². The van der Waals surface area contributed by atoms with E-state index in [1.165, 1.54) is 11.8 Å². The lowest BCUT2D eigenvalue weighted by Gasteiger charge is -2.29. The van der Waals surface area contributed by atoms with Crippen LogP contribution in [0, 0.1) is 12.8 Å². The van der Waals surface area contributed by atoms with Crippen LogP contribution < -0.4 is 11.1 Å². The third-order valence-corrected chi connectivity index (χ3v) is 5.49. The van der Waals surface area contributed by atoms with Crippen molar-refractivity contribution in [1.82, 2.24) is 20.1 Å². The van der Waals surface area contributed by atoms with Crippen LogP contribution in [0.4, 0.5) is 0 Å². The van der Waals surface area contributed by atoms with E-state index in [-0.39, 0.29) is 17.6 Å². The average molecular weight is 404 g/mol. The summed E-state index contributed by atoms with van der Waals surface area (Å²) in [6, 6.07) is 8.00. The summed E-state index contributed by atoms with van der Waals surface area (Å²) in [7, 11) is 0. The van der Waals surface area contributed by atoms with Crippen molar-refractivity contribution >= 4 is 23.6 Å². The second-order valence-electron chi connectivity index (χ2n) is 7.50. The molecule has 0 saturated heterocycles. The zero-order valence-corrected chi connectivity index (χ0v) is 18.0. The number of benzene rings is 1. The van der Waals surface area contributed by atoms with Crippen molar-refractivity contribution in [3.63, 3.8) is 0 Å². The van der Waals surface area contributed by atoms with Crippen molar-refractivity contribution < 1.29 is 9.59 Å². The normalized spacial score (nSPS) is 13.4. The van der Waals surface area contributed by atoms with E-state index in [9.17, 15) is 9.59 Å². The predicted molar refractivity (Wildman–Crippen MR) is 112 cm³/mol. The molecule has 7 nitrogen and oxygen atoms in total. The summed E-state index contributed by atoms with van der Waals surface area (Å²) < 4.78 is 1.99. The van der Waals surface area contributed by atoms with E-state index in [2.05, 4.69) is 15.5 Å². The maximum atomic E-state index is 12.5. The predicted octanol–water partition coefficient (Wildman–Crippen LogP) is 2.77. The quantitative estimate of drug-likeness (QED) is 0.627. The van der Waals surface area contributed by atoms with Gasteiger partial charge in [-0.1, -0.05) is 49.9 Å². The summed E-state index contributed by atoms with van der Waals surface area (Å²) >= 11 is 1.30. The molecular weight excluding hydrogens is 374 g/mol. The van der Waals surface area contributed by atoms with Gasteiger partial charge in [0.15, 0.2) is 11.0 Å². The molecule has 28 heavy (non-hydrogen) atoms. The third kappa shape index (κ3) is 5.13. The molecule has 1 aromatic heterocycles. The van der Waals surface area contributed by atoms with E-state index in [1.54, 1.807) is 6.92 Å². The van der Waals surface area contributed by atoms with Gasteiger partial charge in [0.2, 0.25) is 11.8 Å². The SMILES string of the molecule is CCn1c(SCC(=O)NC(C)(CC(C)C)C(N)=O)nnc1-c1ccccc1C. The lowest BCUT2D eigenvalue weighted by molar-refractivity contribution is -0.130. The molecule has 1 unspecified atom stereocenters. The Morgan fingerprint density at radius 3 is 2.54 bits per heavy atom. The van der Waals surface area contributed by atoms with Gasteiger partial charge in [-0.25, -0.2) is 0 Å². The molecule has 1 heterocycles. The van der Waals surface area contributed by atoms with Crippen LogP contribution >= 0.6 is 11.8 Å². The standard InChI is InChI=1S/C20H29N5O2S/c1-6-25-17(15-10-8-7-9-14(15)4)23-24-19(25)28-12-16(26)22-20(5,18(21)27)11-13(2)3/h7-10,13H,6,11-12H2,1-5H3,(H2,21,27)(H,22,26). The van der Waals surface area contributed by atoms with Crippen molar-refractivity contribution in [1.29, 1.82) is 0 Å². The second kappa shape index (κ2) is 9.23. The number of nitrogens with zero attached hydrogens (tertiary/aromatic N) is 3. The van der Waals surface area contributed by atoms with Crippen LogP contribution in [-0.2, 0) is 16.1 Å². The lowest BCUT2D eigenvalue weighted by Crippen LogP contribution is -2.56. The summed E-state index contributed by atoms with van der Waals surface area (Å²) in [5.41, 5.74) is 6.59. The maximum absolute atomic E-state index is 12.5. The van der Waals surface area contributed by atoms with Gasteiger partial charge < -0.3 is 15.6 Å². The van der Waals surface area contributed by atoms with Gasteiger partial charge in [0.05, 0.1) is 5.75 Å². The fourth-order valence-corrected chi connectivity index (χ4v) is 4.01. The summed E-state index contributed by atoms with van der Waals surface area (Å²) in [5.74, 6) is 0.358. The number of aromatic nitrogens is 3. The number of thioether (sulfide) groups is 1. The molecule has 2 amide bonds. The molecule has 0 radical (unpaired) electrons. The Labute approximate surface area is 170 Å². The van der Waals surface area contributed by atoms with Gasteiger partial charge in [-0.3, -0.25) is 9.59 Å². The summed E-state index contributed by atoms with van der Waals surface area (Å²) in [6.07, 6.45) is 0.487. The number of primary amides is 1. The van der Waals surface area contributed by atoms with Gasteiger partial charge in [-0.05, 0) is 38.7 Å². The molecular formula is C20H29N5O2S. The molecule has 0 saturated carbocycles. The molecule has 0 aliphatic carbocycles. The fourth-order valence-electron chi connectivity index (χ4n) is 3.21. The number of aryl methyl sites for hydroxylation is 1. The number of nitrogens with two attached hydrogens (primary N) is 1. The van der Waals surface area contributed by atoms with Crippen molar-refractivity contribution in [2.45, 2.75) is 58.3 Å². The molecule has 8 heteroatoms. The molecule has 3 N–H and O–H groups in total. The monoisotopic (exact) mass is 403 g/mol. The Hall–Kier alpha value is -2.35. The minimum Gasteiger partial charge on any atom is -0.368 e. The molecule has 1 atom stereocenters. The molecule has 2 rings (SSSR count). The van der Waals surface area contributed by atoms with Gasteiger partial charge in [0, 0.05) is 12.1 Å². The van der Waals surface area contributed by atoms with Gasteiger partial charge in [0.25, 0.3) is 0 Å². The van der Waals surface area contributed by atoms with E-state index in [1.807, 2.05) is 56.5 Å². The Bertz CT molecular complexity index is 849. The van der Waals surface area contributed by atoms with Crippen LogP contribution in [0.15, 0.2) is 29.4 Å². The molecule has 1 aromatic carbocycles. The van der Waals surface area contributed by atoms with E-state index >= 15 is 0 Å². The first-order chi connectivity index (χ1) is 13.2. The minimum atomic E-state index is -1.06. The van der Waals surface area contributed by atoms with Crippen LogP contribution in [0.5, 0.6) is 0 Å². The number of hydrogen-bond acceptors (Lipinski definition) is 5. The van der Waals surface area contributed by atoms with Gasteiger partial charge in [0.1, 0.15) is 5.54 Å². The third-order valence-electron chi connectivity index (χ3n) is 4.53. The topological polar surface area (TPSA) is 103 Å². The maximum Gasteiger partial charge on any atom is 0.242 e. The molecule has 2 aromatic rings. The van der Waals surface area contributed by atoms with Crippen LogP contribution in [-0.4, -0.2) is 37.9 Å². The smallest absolute Gasteiger partial charge is 0.242 e. The van der Waals surface area contributed by atoms with Crippen LogP contribution in [0.1, 0.15) is 39.7 Å². The Balaban J connectivity index is 2.11. The molecule has 0 aliphatic heterocycles. The number of carbonyl (C=O) groups excluding carboxylic acids is 2. The molecule has 0 aliphatic rings. The van der Waals surface area contributed by atoms with Gasteiger partial charge in [-0.15, -0.1) is 10.2 Å². The van der Waals surface area contributed by atoms with E-state index in [0.29, 0.717) is 18.1 Å². The summed E-state index contributed by atoms with van der Waals surface area (Å²) in [4.78, 5) is 24.3. The highest BCUT2D eigenvalue weighted by Gasteiger charge is 2.33. The van der Waals surface area contributed by atoms with Crippen LogP contribution in [0.25, 0.3) is 11.4 Å². The summed E-state index contributed by atoms with van der Waals surface area (Å²) in [6.45, 7) is 10.4. The van der Waals surface area contributed by atoms with E-state index < -0.39 is 11.4 Å². The van der Waals surface area contributed by atoms with Gasteiger partial charge in [-0.2, -0.15) is 0 Å². The van der Waals surface area contributed by atoms with Crippen LogP contribution in [0.2, 0.25) is 0 Å². The molecule has 152 valence electrons. The number of rotatable bonds is 9. The van der Waals surface area contributed by atoms with Crippen molar-refractivity contribution in [3.05, 3.63) is 29.8 Å². The second-order valence-corrected chi connectivity index (χ2v) is 8.44. The highest BCUT2D eigenvalue weighted by atomic mass is 32.2. The minimum absolute atomic E-state index is 0.132. The number of amides is 2. The molecule has 0 spiro atoms. The van der Waals surface area contributed by atoms with Gasteiger partial charge >= 0.3 is 0 Å². The first-order valence-electron chi connectivity index (χ1n) is 9.40. The zero-order chi connectivity index (χ0) is 20.9. The fraction of sp³-hybridized carbons (Fsp3) is 0.500. The molecule has 0 fully saturated rings. The average Bonchev–Trinajstić information content (AvgIpc) is 3.02. The van der Waals surface area contributed by atoms with Crippen molar-refractivity contribution in [2.75, 3.05) is 5.75 Å². The first kappa shape index (κ1) is 21.9. The molecule has 0 bridgehead atoms. The first-order valence-corrected chi connectivity index (χ1v) is 10.4. The Morgan fingerprint density at radius 2 is 1.96 bits per heavy atom. The largest absolute Gasteiger partial charge is 0.368 e. The highest BCUT2D eigenvalue weighted by molar-refractivity contribution is 7.99. The lowest BCUT2D eigenvalue weighted by atomic mass is 9.90. The van der Waals surface area contributed by atoms with Crippen molar-refractivity contribution in [2.24, 2.45) is 11.7 Å². The number of nitrogens with one attached hydrogen (secondary N) is 1. The van der Waals surface area contributed by atoms with E-state index in [0.717, 1.165) is 17.0 Å². The Morgan fingerprint density at radius 1 is 1.29 bits per heavy atom. The number of hydrogen-bond donors (Lipinski definition) is 2. The zero-order valence-electron chi connectivity index (χ0n) is 17.2.